The number of carbonyl (C=O) groups is 1. The third kappa shape index (κ3) is 15.1. The van der Waals surface area contributed by atoms with Crippen molar-refractivity contribution in [2.45, 2.75) is 216 Å². The molecule has 0 spiro atoms. The van der Waals surface area contributed by atoms with Gasteiger partial charge in [0, 0.05) is 77.2 Å². The van der Waals surface area contributed by atoms with Crippen molar-refractivity contribution < 1.29 is 61.3 Å². The van der Waals surface area contributed by atoms with Gasteiger partial charge < -0.3 is 53.5 Å². The van der Waals surface area contributed by atoms with E-state index in [1.165, 1.54) is 30.8 Å². The molecule has 17 atom stereocenters. The van der Waals surface area contributed by atoms with Crippen LogP contribution in [0, 0.1) is 23.7 Å². The molecule has 1 aromatic heterocycles. The van der Waals surface area contributed by atoms with Crippen molar-refractivity contribution >= 4 is 15.8 Å². The molecule has 3 fully saturated rings. The number of nitrogens with zero attached hydrogens (tertiary/aromatic N) is 5. The fourth-order valence-electron chi connectivity index (χ4n) is 12.1. The van der Waals surface area contributed by atoms with Gasteiger partial charge in [-0.05, 0) is 118 Å². The van der Waals surface area contributed by atoms with E-state index in [4.69, 9.17) is 28.4 Å². The monoisotopic (exact) mass is 1050 g/mol. The number of hydrogen-bond donors (Lipinski definition) is 3. The van der Waals surface area contributed by atoms with Crippen molar-refractivity contribution in [3.8, 4) is 0 Å². The molecule has 3 N–H and O–H groups in total. The van der Waals surface area contributed by atoms with Crippen molar-refractivity contribution in [1.82, 2.24) is 24.8 Å². The molecule has 0 saturated carbocycles. The first-order valence-corrected chi connectivity index (χ1v) is 28.2. The van der Waals surface area contributed by atoms with Crippen LogP contribution in [0.1, 0.15) is 145 Å². The van der Waals surface area contributed by atoms with Crippen molar-refractivity contribution in [2.24, 2.45) is 23.7 Å². The minimum atomic E-state index is -3.48. The highest BCUT2D eigenvalue weighted by Crippen LogP contribution is 2.43. The maximum absolute atomic E-state index is 14.8. The lowest BCUT2D eigenvalue weighted by Crippen LogP contribution is -2.59. The van der Waals surface area contributed by atoms with Crippen LogP contribution in [0.5, 0.6) is 0 Å². The smallest absolute Gasteiger partial charge is 0.309 e. The summed E-state index contributed by atoms with van der Waals surface area (Å²) >= 11 is 0. The minimum Gasteiger partial charge on any atom is -0.459 e. The van der Waals surface area contributed by atoms with E-state index in [1.807, 2.05) is 53.6 Å². The number of likely N-dealkylation sites (N-methyl/N-ethyl adjacent to an activating group) is 2. The molecule has 5 rings (SSSR count). The maximum Gasteiger partial charge on any atom is 0.309 e. The largest absolute Gasteiger partial charge is 0.459 e. The van der Waals surface area contributed by atoms with Crippen LogP contribution in [0.3, 0.4) is 0 Å². The quantitative estimate of drug-likeness (QED) is 0.144. The number of carbonyl (C=O) groups excluding carboxylic acids is 1. The number of aliphatic hydroxyl groups excluding tert-OH is 1. The van der Waals surface area contributed by atoms with Crippen LogP contribution in [-0.2, 0) is 49.5 Å². The molecule has 1 aromatic carbocycles. The number of aromatic nitrogens is 3. The van der Waals surface area contributed by atoms with E-state index in [2.05, 4.69) is 36.0 Å². The summed E-state index contributed by atoms with van der Waals surface area (Å²) in [5.74, 6) is -2.00. The van der Waals surface area contributed by atoms with Gasteiger partial charge in [-0.3, -0.25) is 4.79 Å². The molecule has 73 heavy (non-hydrogen) atoms. The standard InChI is InChI=1S/C54H92FN5O12S/c1-16-46-53(11,63)50(61)39(9)59(13)30-34(4)25-54(64,26-35(5)48(38(8)51(62)72-46)45-28-52(10,68-15)27-37(7)70-45)32-69-47-24-42(23-36(6)71-47)58(12)22-21-41-31-60(57-56-41)44(29-55)49(67-14)40-17-19-43(20-18-40)73(65,66)33(2)3/h17-20,31,33-39,42,44-50,61,63-64H,16,21-30,32H2,1-15H3/t34-,35-,36-,37+,38-,39-,42+,44-,45?,46-,47-,48+,49-,50-,52+,53-,54-/m1/s1. The number of esters is 1. The lowest BCUT2D eigenvalue weighted by atomic mass is 9.70. The third-order valence-corrected chi connectivity index (χ3v) is 18.7. The number of halogens is 1. The second-order valence-electron chi connectivity index (χ2n) is 23.1. The highest BCUT2D eigenvalue weighted by Gasteiger charge is 2.50. The molecule has 0 bridgehead atoms. The van der Waals surface area contributed by atoms with Crippen LogP contribution in [0.4, 0.5) is 4.39 Å². The second kappa shape index (κ2) is 25.6. The molecule has 4 heterocycles. The van der Waals surface area contributed by atoms with E-state index in [1.54, 1.807) is 39.3 Å². The molecule has 3 saturated heterocycles. The normalized spacial score (nSPS) is 36.9. The Morgan fingerprint density at radius 2 is 1.64 bits per heavy atom. The second-order valence-corrected chi connectivity index (χ2v) is 25.6. The van der Waals surface area contributed by atoms with Gasteiger partial charge in [-0.1, -0.05) is 45.0 Å². The zero-order valence-corrected chi connectivity index (χ0v) is 47.4. The number of aliphatic hydroxyl groups is 3. The first kappa shape index (κ1) is 61.2. The number of cyclic esters (lactones) is 1. The molecule has 3 aliphatic heterocycles. The Hall–Kier alpha value is -2.69. The van der Waals surface area contributed by atoms with Crippen LogP contribution in [0.2, 0.25) is 0 Å². The van der Waals surface area contributed by atoms with Crippen molar-refractivity contribution in [1.29, 1.82) is 0 Å². The fourth-order valence-corrected chi connectivity index (χ4v) is 13.2. The topological polar surface area (TPSA) is 204 Å². The first-order valence-electron chi connectivity index (χ1n) is 26.7. The summed E-state index contributed by atoms with van der Waals surface area (Å²) < 4.78 is 79.4. The van der Waals surface area contributed by atoms with Gasteiger partial charge in [0.1, 0.15) is 36.6 Å². The summed E-state index contributed by atoms with van der Waals surface area (Å²) in [5.41, 5.74) is -2.34. The van der Waals surface area contributed by atoms with Crippen LogP contribution >= 0.6 is 0 Å². The average Bonchev–Trinajstić information content (AvgIpc) is 3.80. The Bertz CT molecular complexity index is 2150. The predicted octanol–water partition coefficient (Wildman–Crippen LogP) is 6.52. The molecular weight excluding hydrogens is 962 g/mol. The minimum absolute atomic E-state index is 0.0320. The highest BCUT2D eigenvalue weighted by molar-refractivity contribution is 7.92. The number of sulfone groups is 1. The van der Waals surface area contributed by atoms with Gasteiger partial charge in [-0.25, -0.2) is 17.5 Å². The van der Waals surface area contributed by atoms with Crippen molar-refractivity contribution in [2.75, 3.05) is 54.7 Å². The lowest BCUT2D eigenvalue weighted by Gasteiger charge is -2.47. The van der Waals surface area contributed by atoms with Gasteiger partial charge in [-0.2, -0.15) is 0 Å². The molecule has 0 radical (unpaired) electrons. The zero-order chi connectivity index (χ0) is 54.4. The number of rotatable bonds is 17. The van der Waals surface area contributed by atoms with E-state index in [0.29, 0.717) is 62.9 Å². The van der Waals surface area contributed by atoms with Crippen LogP contribution in [-0.4, -0.2) is 180 Å². The van der Waals surface area contributed by atoms with E-state index in [9.17, 15) is 32.9 Å². The Kier molecular flexibility index (Phi) is 21.5. The van der Waals surface area contributed by atoms with Crippen molar-refractivity contribution in [3.63, 3.8) is 0 Å². The number of ether oxygens (including phenoxy) is 6. The van der Waals surface area contributed by atoms with E-state index < -0.39 is 99.2 Å². The molecule has 17 nitrogen and oxygen atoms in total. The van der Waals surface area contributed by atoms with Crippen LogP contribution < -0.4 is 0 Å². The Labute approximate surface area is 436 Å². The van der Waals surface area contributed by atoms with Gasteiger partial charge in [0.15, 0.2) is 16.1 Å². The molecule has 19 heteroatoms. The first-order chi connectivity index (χ1) is 34.1. The van der Waals surface area contributed by atoms with Crippen molar-refractivity contribution in [3.05, 3.63) is 41.7 Å². The van der Waals surface area contributed by atoms with Gasteiger partial charge in [0.05, 0.1) is 57.9 Å². The maximum atomic E-state index is 14.8. The van der Waals surface area contributed by atoms with E-state index in [0.717, 1.165) is 6.42 Å². The molecule has 1 unspecified atom stereocenters. The summed E-state index contributed by atoms with van der Waals surface area (Å²) in [6.45, 7) is 20.8. The van der Waals surface area contributed by atoms with Crippen LogP contribution in [0.15, 0.2) is 35.4 Å². The number of methoxy groups -OCH3 is 2. The summed E-state index contributed by atoms with van der Waals surface area (Å²) in [7, 11) is 3.64. The Morgan fingerprint density at radius 1 is 0.973 bits per heavy atom. The summed E-state index contributed by atoms with van der Waals surface area (Å²) in [6.07, 6.45) is 1.35. The lowest BCUT2D eigenvalue weighted by molar-refractivity contribution is -0.228. The SMILES string of the molecule is CC[C@H]1OC(=O)[C@H](C)[C@@H](C2C[C@@](C)(OC)C[C@H](C)O2)[C@H](C)C[C@@](O)(CO[C@H]2C[C@@H](N(C)CCc3cn([C@H](CF)[C@H](OC)c4ccc(S(=O)(=O)C(C)C)cc4)nn3)C[C@@H](C)O2)C[C@@H](C)CN(C)[C@H](C)[C@@H](O)[C@]1(C)O. The predicted molar refractivity (Wildman–Crippen MR) is 276 cm³/mol. The van der Waals surface area contributed by atoms with Gasteiger partial charge >= 0.3 is 5.97 Å². The van der Waals surface area contributed by atoms with E-state index >= 15 is 0 Å². The number of hydrogen-bond acceptors (Lipinski definition) is 16. The summed E-state index contributed by atoms with van der Waals surface area (Å²) in [6, 6.07) is 5.06. The molecule has 0 aliphatic carbocycles. The Morgan fingerprint density at radius 3 is 2.25 bits per heavy atom. The average molecular weight is 1050 g/mol. The van der Waals surface area contributed by atoms with Gasteiger partial charge in [0.2, 0.25) is 0 Å². The van der Waals surface area contributed by atoms with Gasteiger partial charge in [0.25, 0.3) is 0 Å². The molecule has 3 aliphatic rings. The number of benzene rings is 1. The van der Waals surface area contributed by atoms with Gasteiger partial charge in [-0.15, -0.1) is 5.10 Å². The molecular formula is C54H92FN5O12S. The van der Waals surface area contributed by atoms with E-state index in [-0.39, 0.29) is 48.0 Å². The zero-order valence-electron chi connectivity index (χ0n) is 46.6. The highest BCUT2D eigenvalue weighted by atomic mass is 32.2. The molecule has 2 aromatic rings. The molecule has 418 valence electrons. The summed E-state index contributed by atoms with van der Waals surface area (Å²) in [4.78, 5) is 18.8. The summed E-state index contributed by atoms with van der Waals surface area (Å²) in [5, 5.41) is 44.6. The fraction of sp³-hybridized carbons (Fsp3) is 0.833. The van der Waals surface area contributed by atoms with Crippen LogP contribution in [0.25, 0.3) is 0 Å². The molecule has 0 amide bonds. The Balaban J connectivity index is 1.32. The third-order valence-electron chi connectivity index (χ3n) is 16.5. The number of alkyl halides is 1.